The lowest BCUT2D eigenvalue weighted by Crippen LogP contribution is -2.66. The second kappa shape index (κ2) is 9.10. The van der Waals surface area contributed by atoms with E-state index >= 15 is 0 Å². The van der Waals surface area contributed by atoms with Crippen LogP contribution >= 0.6 is 0 Å². The third-order valence-corrected chi connectivity index (χ3v) is 6.58. The molecule has 8 heteroatoms. The summed E-state index contributed by atoms with van der Waals surface area (Å²) in [5.74, 6) is 0.888. The van der Waals surface area contributed by atoms with Crippen LogP contribution in [0.1, 0.15) is 5.56 Å². The molecule has 0 unspecified atom stereocenters. The molecule has 31 heavy (non-hydrogen) atoms. The van der Waals surface area contributed by atoms with E-state index in [0.29, 0.717) is 13.2 Å². The highest BCUT2D eigenvalue weighted by molar-refractivity contribution is 5.58. The second-order valence-corrected chi connectivity index (χ2v) is 8.31. The van der Waals surface area contributed by atoms with Gasteiger partial charge in [-0.05, 0) is 29.8 Å². The van der Waals surface area contributed by atoms with Gasteiger partial charge in [-0.3, -0.25) is 9.88 Å². The summed E-state index contributed by atoms with van der Waals surface area (Å²) < 4.78 is 17.6. The first-order chi connectivity index (χ1) is 15.2. The first-order valence-electron chi connectivity index (χ1n) is 10.9. The molecular weight excluding hydrogens is 396 g/mol. The summed E-state index contributed by atoms with van der Waals surface area (Å²) in [5.41, 5.74) is 2.24. The van der Waals surface area contributed by atoms with Gasteiger partial charge in [0.15, 0.2) is 6.29 Å². The van der Waals surface area contributed by atoms with Gasteiger partial charge in [-0.1, -0.05) is 12.1 Å². The molecule has 0 aliphatic carbocycles. The molecule has 8 nitrogen and oxygen atoms in total. The van der Waals surface area contributed by atoms with Gasteiger partial charge >= 0.3 is 0 Å². The maximum atomic E-state index is 11.3. The smallest absolute Gasteiger partial charge is 0.176 e. The van der Waals surface area contributed by atoms with Crippen molar-refractivity contribution in [3.8, 4) is 5.75 Å². The highest BCUT2D eigenvalue weighted by atomic mass is 16.7. The number of piperazine rings is 1. The number of fused-ring (bicyclic) bond motifs is 2. The van der Waals surface area contributed by atoms with E-state index in [4.69, 9.17) is 14.2 Å². The van der Waals surface area contributed by atoms with E-state index in [0.717, 1.165) is 43.2 Å². The Morgan fingerprint density at radius 3 is 2.68 bits per heavy atom. The molecule has 5 rings (SSSR count). The predicted molar refractivity (Wildman–Crippen MR) is 116 cm³/mol. The Morgan fingerprint density at radius 2 is 1.90 bits per heavy atom. The zero-order valence-electron chi connectivity index (χ0n) is 17.8. The highest BCUT2D eigenvalue weighted by Gasteiger charge is 2.52. The molecule has 3 aliphatic heterocycles. The molecule has 3 aliphatic rings. The number of rotatable bonds is 6. The second-order valence-electron chi connectivity index (χ2n) is 8.31. The lowest BCUT2D eigenvalue weighted by molar-refractivity contribution is -0.183. The van der Waals surface area contributed by atoms with Gasteiger partial charge in [-0.2, -0.15) is 0 Å². The molecule has 0 radical (unpaired) electrons. The van der Waals surface area contributed by atoms with E-state index in [1.807, 2.05) is 30.3 Å². The van der Waals surface area contributed by atoms with Gasteiger partial charge in [0.25, 0.3) is 0 Å². The van der Waals surface area contributed by atoms with Gasteiger partial charge < -0.3 is 29.5 Å². The van der Waals surface area contributed by atoms with E-state index < -0.39 is 6.10 Å². The fourth-order valence-corrected chi connectivity index (χ4v) is 4.93. The molecule has 3 fully saturated rings. The maximum absolute atomic E-state index is 11.3. The topological polar surface area (TPSA) is 79.3 Å². The summed E-state index contributed by atoms with van der Waals surface area (Å²) in [7, 11) is 1.71. The van der Waals surface area contributed by atoms with Crippen molar-refractivity contribution in [2.45, 2.75) is 37.1 Å². The number of hydrogen-bond acceptors (Lipinski definition) is 8. The average molecular weight is 427 g/mol. The monoisotopic (exact) mass is 426 g/mol. The zero-order valence-corrected chi connectivity index (χ0v) is 17.8. The molecule has 0 amide bonds. The van der Waals surface area contributed by atoms with Crippen LogP contribution in [0.25, 0.3) is 0 Å². The van der Waals surface area contributed by atoms with E-state index in [1.54, 1.807) is 19.5 Å². The number of aliphatic hydroxyl groups is 1. The summed E-state index contributed by atoms with van der Waals surface area (Å²) in [5, 5.41) is 14.8. The number of methoxy groups -OCH3 is 1. The number of benzene rings is 1. The molecule has 4 heterocycles. The number of nitrogens with zero attached hydrogens (tertiary/aromatic N) is 3. The van der Waals surface area contributed by atoms with Crippen molar-refractivity contribution in [2.24, 2.45) is 0 Å². The van der Waals surface area contributed by atoms with Crippen LogP contribution in [0.5, 0.6) is 5.75 Å². The van der Waals surface area contributed by atoms with Crippen LogP contribution in [-0.2, 0) is 16.0 Å². The average Bonchev–Trinajstić information content (AvgIpc) is 3.25. The fourth-order valence-electron chi connectivity index (χ4n) is 4.93. The van der Waals surface area contributed by atoms with Crippen molar-refractivity contribution in [3.05, 3.63) is 54.4 Å². The first-order valence-corrected chi connectivity index (χ1v) is 10.9. The largest absolute Gasteiger partial charge is 0.495 e. The third-order valence-electron chi connectivity index (χ3n) is 6.58. The fraction of sp³-hybridized carbons (Fsp3) is 0.522. The van der Waals surface area contributed by atoms with Gasteiger partial charge in [-0.15, -0.1) is 0 Å². The molecule has 3 saturated heterocycles. The molecule has 2 bridgehead atoms. The number of anilines is 1. The maximum Gasteiger partial charge on any atom is 0.176 e. The molecule has 2 aromatic rings. The van der Waals surface area contributed by atoms with Crippen molar-refractivity contribution >= 4 is 5.69 Å². The van der Waals surface area contributed by atoms with Crippen molar-refractivity contribution < 1.29 is 19.3 Å². The van der Waals surface area contributed by atoms with Crippen LogP contribution in [0, 0.1) is 0 Å². The van der Waals surface area contributed by atoms with Gasteiger partial charge in [0.1, 0.15) is 11.9 Å². The van der Waals surface area contributed by atoms with E-state index in [2.05, 4.69) is 26.2 Å². The Morgan fingerprint density at radius 1 is 1.13 bits per heavy atom. The minimum atomic E-state index is -0.564. The van der Waals surface area contributed by atoms with Gasteiger partial charge in [0, 0.05) is 45.1 Å². The number of aliphatic hydroxyl groups excluding tert-OH is 1. The lowest BCUT2D eigenvalue weighted by atomic mass is 9.94. The molecule has 1 aromatic heterocycles. The van der Waals surface area contributed by atoms with E-state index in [1.165, 1.54) is 0 Å². The summed E-state index contributed by atoms with van der Waals surface area (Å²) in [6, 6.07) is 11.7. The minimum Gasteiger partial charge on any atom is -0.495 e. The van der Waals surface area contributed by atoms with Crippen LogP contribution in [0.15, 0.2) is 48.8 Å². The van der Waals surface area contributed by atoms with Crippen LogP contribution in [-0.4, -0.2) is 85.5 Å². The number of pyridine rings is 1. The third kappa shape index (κ3) is 4.14. The number of hydrogen-bond donors (Lipinski definition) is 2. The van der Waals surface area contributed by atoms with Crippen molar-refractivity contribution in [1.82, 2.24) is 15.2 Å². The Kier molecular flexibility index (Phi) is 6.06. The van der Waals surface area contributed by atoms with Gasteiger partial charge in [0.05, 0.1) is 37.6 Å². The summed E-state index contributed by atoms with van der Waals surface area (Å²) >= 11 is 0. The summed E-state index contributed by atoms with van der Waals surface area (Å²) in [6.07, 6.45) is 2.49. The number of aromatic nitrogens is 1. The molecule has 5 atom stereocenters. The predicted octanol–water partition coefficient (Wildman–Crippen LogP) is 0.855. The van der Waals surface area contributed by atoms with Crippen molar-refractivity contribution in [1.29, 1.82) is 0 Å². The number of ether oxygens (including phenoxy) is 3. The van der Waals surface area contributed by atoms with E-state index in [9.17, 15) is 5.11 Å². The summed E-state index contributed by atoms with van der Waals surface area (Å²) in [4.78, 5) is 8.71. The first kappa shape index (κ1) is 20.7. The van der Waals surface area contributed by atoms with Crippen LogP contribution in [0.2, 0.25) is 0 Å². The van der Waals surface area contributed by atoms with Crippen molar-refractivity contribution in [2.75, 3.05) is 44.8 Å². The Hall–Kier alpha value is -2.23. The molecular formula is C23H30N4O4. The quantitative estimate of drug-likeness (QED) is 0.704. The Balaban J connectivity index is 1.24. The molecule has 0 saturated carbocycles. The molecule has 166 valence electrons. The Bertz CT molecular complexity index is 862. The highest BCUT2D eigenvalue weighted by Crippen LogP contribution is 2.33. The normalized spacial score (nSPS) is 31.0. The lowest BCUT2D eigenvalue weighted by Gasteiger charge is -2.47. The standard InChI is InChI=1S/C23H30N4O4/c1-29-18-5-3-2-4-17(18)26-10-12-27(13-11-26)21-22(28)20(19-15-30-23(21)31-19)25-14-16-6-8-24-9-7-16/h2-9,19-23,25,28H,10-15H2,1H3/t19-,20+,21-,22-,23+/m0/s1. The van der Waals surface area contributed by atoms with Crippen LogP contribution < -0.4 is 15.0 Å². The Labute approximate surface area is 182 Å². The number of nitrogens with one attached hydrogen (secondary N) is 1. The van der Waals surface area contributed by atoms with Gasteiger partial charge in [-0.25, -0.2) is 0 Å². The van der Waals surface area contributed by atoms with Crippen LogP contribution in [0.3, 0.4) is 0 Å². The van der Waals surface area contributed by atoms with E-state index in [-0.39, 0.29) is 24.5 Å². The number of para-hydroxylation sites is 2. The van der Waals surface area contributed by atoms with Crippen molar-refractivity contribution in [3.63, 3.8) is 0 Å². The van der Waals surface area contributed by atoms with Crippen LogP contribution in [0.4, 0.5) is 5.69 Å². The molecule has 2 N–H and O–H groups in total. The zero-order chi connectivity index (χ0) is 21.2. The van der Waals surface area contributed by atoms with Gasteiger partial charge in [0.2, 0.25) is 0 Å². The summed E-state index contributed by atoms with van der Waals surface area (Å²) in [6.45, 7) is 4.52. The SMILES string of the molecule is COc1ccccc1N1CCN([C@@H]2[C@@H]3OC[C@H](O3)[C@@H](NCc3ccncc3)[C@@H]2O)CC1. The minimum absolute atomic E-state index is 0.132. The molecule has 0 spiro atoms. The molecule has 1 aromatic carbocycles.